The van der Waals surface area contributed by atoms with Crippen molar-refractivity contribution in [2.24, 2.45) is 5.41 Å². The molecule has 0 aromatic heterocycles. The van der Waals surface area contributed by atoms with E-state index in [-0.39, 0.29) is 0 Å². The molecule has 0 atom stereocenters. The Bertz CT molecular complexity index is 298. The zero-order valence-corrected chi connectivity index (χ0v) is 11.0. The Morgan fingerprint density at radius 2 is 1.73 bits per heavy atom. The minimum absolute atomic E-state index is 0.321. The Hall–Kier alpha value is -0.750. The Morgan fingerprint density at radius 1 is 1.20 bits per heavy atom. The molecule has 0 bridgehead atoms. The van der Waals surface area contributed by atoms with Crippen LogP contribution in [-0.4, -0.2) is 0 Å². The van der Waals surface area contributed by atoms with Gasteiger partial charge in [0, 0.05) is 5.03 Å². The predicted octanol–water partition coefficient (Wildman–Crippen LogP) is 5.23. The van der Waals surface area contributed by atoms with Gasteiger partial charge in [0.05, 0.1) is 0 Å². The highest BCUT2D eigenvalue weighted by Gasteiger charge is 2.07. The van der Waals surface area contributed by atoms with Gasteiger partial charge in [-0.25, -0.2) is 0 Å². The molecule has 0 heterocycles. The molecule has 0 N–H and O–H groups in total. The van der Waals surface area contributed by atoms with E-state index in [9.17, 15) is 0 Å². The predicted molar refractivity (Wildman–Crippen MR) is 71.1 cm³/mol. The number of hydrogen-bond acceptors (Lipinski definition) is 0. The van der Waals surface area contributed by atoms with Crippen LogP contribution >= 0.6 is 11.6 Å². The molecule has 0 aliphatic carbocycles. The molecule has 0 aromatic rings. The van der Waals surface area contributed by atoms with Gasteiger partial charge < -0.3 is 0 Å². The number of allylic oxidation sites excluding steroid dienone is 6. The molecule has 1 heteroatoms. The van der Waals surface area contributed by atoms with Crippen LogP contribution in [-0.2, 0) is 0 Å². The van der Waals surface area contributed by atoms with E-state index in [1.54, 1.807) is 6.08 Å². The van der Waals surface area contributed by atoms with E-state index in [1.807, 2.05) is 6.08 Å². The second-order valence-electron chi connectivity index (χ2n) is 4.96. The fraction of sp³-hybridized carbons (Fsp3) is 0.429. The highest BCUT2D eigenvalue weighted by Crippen LogP contribution is 2.21. The van der Waals surface area contributed by atoms with Crippen LogP contribution in [0.25, 0.3) is 0 Å². The normalized spacial score (nSPS) is 13.3. The Labute approximate surface area is 99.0 Å². The van der Waals surface area contributed by atoms with Crippen molar-refractivity contribution in [1.82, 2.24) is 0 Å². The smallest absolute Gasteiger partial charge is 0.0334 e. The molecule has 0 spiro atoms. The second-order valence-corrected chi connectivity index (χ2v) is 5.44. The molecule has 15 heavy (non-hydrogen) atoms. The molecule has 0 amide bonds. The lowest BCUT2D eigenvalue weighted by Gasteiger charge is -2.15. The summed E-state index contributed by atoms with van der Waals surface area (Å²) < 4.78 is 0. The highest BCUT2D eigenvalue weighted by atomic mass is 35.5. The maximum atomic E-state index is 5.63. The van der Waals surface area contributed by atoms with Gasteiger partial charge in [-0.3, -0.25) is 0 Å². The average Bonchev–Trinajstić information content (AvgIpc) is 2.08. The third-order valence-corrected chi connectivity index (χ3v) is 2.12. The van der Waals surface area contributed by atoms with Gasteiger partial charge in [-0.2, -0.15) is 0 Å². The molecule has 0 fully saturated rings. The minimum atomic E-state index is 0.321. The van der Waals surface area contributed by atoms with Gasteiger partial charge in [-0.15, -0.1) is 0 Å². The van der Waals surface area contributed by atoms with Gasteiger partial charge in [0.2, 0.25) is 0 Å². The molecule has 84 valence electrons. The summed E-state index contributed by atoms with van der Waals surface area (Å²) >= 11 is 5.63. The maximum absolute atomic E-state index is 5.63. The van der Waals surface area contributed by atoms with Crippen LogP contribution in [0.3, 0.4) is 0 Å². The van der Waals surface area contributed by atoms with E-state index in [1.165, 1.54) is 5.57 Å². The first-order chi connectivity index (χ1) is 6.72. The van der Waals surface area contributed by atoms with Crippen molar-refractivity contribution in [3.05, 3.63) is 47.6 Å². The van der Waals surface area contributed by atoms with Crippen molar-refractivity contribution in [2.75, 3.05) is 0 Å². The van der Waals surface area contributed by atoms with Gasteiger partial charge in [0.15, 0.2) is 0 Å². The maximum Gasteiger partial charge on any atom is 0.0334 e. The Morgan fingerprint density at radius 3 is 2.13 bits per heavy atom. The fourth-order valence-corrected chi connectivity index (χ4v) is 0.976. The monoisotopic (exact) mass is 224 g/mol. The average molecular weight is 225 g/mol. The molecule has 0 saturated heterocycles. The molecule has 0 aliphatic heterocycles. The molecule has 0 nitrogen and oxygen atoms in total. The van der Waals surface area contributed by atoms with E-state index in [0.29, 0.717) is 10.4 Å². The van der Waals surface area contributed by atoms with Crippen LogP contribution in [0.1, 0.15) is 34.1 Å². The second kappa shape index (κ2) is 5.97. The standard InChI is InChI=1S/C14H21Cl/c1-11(7-8-13(3)15)12(2)9-10-14(4,5)6/h7-9H,1,3,10H2,2,4-6H3/b8-7-,12-9+. The SMILES string of the molecule is C=C(Cl)/C=C\C(=C)/C(C)=C/CC(C)(C)C. The lowest BCUT2D eigenvalue weighted by atomic mass is 9.90. The van der Waals surface area contributed by atoms with Crippen molar-refractivity contribution in [2.45, 2.75) is 34.1 Å². The summed E-state index contributed by atoms with van der Waals surface area (Å²) in [6.07, 6.45) is 6.92. The van der Waals surface area contributed by atoms with E-state index in [4.69, 9.17) is 11.6 Å². The quantitative estimate of drug-likeness (QED) is 0.574. The largest absolute Gasteiger partial charge is 0.0915 e. The summed E-state index contributed by atoms with van der Waals surface area (Å²) in [7, 11) is 0. The van der Waals surface area contributed by atoms with Gasteiger partial charge in [0.25, 0.3) is 0 Å². The number of halogens is 1. The van der Waals surface area contributed by atoms with E-state index >= 15 is 0 Å². The Kier molecular flexibility index (Phi) is 5.67. The van der Waals surface area contributed by atoms with Gasteiger partial charge in [0.1, 0.15) is 0 Å². The topological polar surface area (TPSA) is 0 Å². The summed E-state index contributed by atoms with van der Waals surface area (Å²) in [5.74, 6) is 0. The first-order valence-corrected chi connectivity index (χ1v) is 5.49. The molecule has 0 saturated carbocycles. The van der Waals surface area contributed by atoms with Crippen LogP contribution in [0.2, 0.25) is 0 Å². The first-order valence-electron chi connectivity index (χ1n) is 5.11. The lowest BCUT2D eigenvalue weighted by Crippen LogP contribution is -2.02. The van der Waals surface area contributed by atoms with E-state index < -0.39 is 0 Å². The first kappa shape index (κ1) is 14.2. The lowest BCUT2D eigenvalue weighted by molar-refractivity contribution is 0.420. The van der Waals surface area contributed by atoms with E-state index in [0.717, 1.165) is 12.0 Å². The third-order valence-electron chi connectivity index (χ3n) is 1.99. The van der Waals surface area contributed by atoms with Crippen molar-refractivity contribution in [3.8, 4) is 0 Å². The molecular formula is C14H21Cl. The van der Waals surface area contributed by atoms with Crippen molar-refractivity contribution in [3.63, 3.8) is 0 Å². The van der Waals surface area contributed by atoms with Gasteiger partial charge >= 0.3 is 0 Å². The van der Waals surface area contributed by atoms with Crippen LogP contribution in [0, 0.1) is 5.41 Å². The van der Waals surface area contributed by atoms with Gasteiger partial charge in [-0.1, -0.05) is 57.7 Å². The molecule has 0 radical (unpaired) electrons. The van der Waals surface area contributed by atoms with Crippen LogP contribution in [0.5, 0.6) is 0 Å². The van der Waals surface area contributed by atoms with Crippen molar-refractivity contribution in [1.29, 1.82) is 0 Å². The summed E-state index contributed by atoms with van der Waals surface area (Å²) in [4.78, 5) is 0. The van der Waals surface area contributed by atoms with Crippen molar-refractivity contribution < 1.29 is 0 Å². The minimum Gasteiger partial charge on any atom is -0.0915 e. The summed E-state index contributed by atoms with van der Waals surface area (Å²) in [6.45, 7) is 16.3. The molecule has 0 rings (SSSR count). The molecular weight excluding hydrogens is 204 g/mol. The van der Waals surface area contributed by atoms with Gasteiger partial charge in [-0.05, 0) is 36.0 Å². The zero-order chi connectivity index (χ0) is 12.1. The molecule has 0 aromatic carbocycles. The van der Waals surface area contributed by atoms with Crippen LogP contribution in [0.4, 0.5) is 0 Å². The summed E-state index contributed by atoms with van der Waals surface area (Å²) in [5.41, 5.74) is 2.50. The number of hydrogen-bond donors (Lipinski definition) is 0. The molecule has 0 unspecified atom stereocenters. The zero-order valence-electron chi connectivity index (χ0n) is 10.2. The summed E-state index contributed by atoms with van der Waals surface area (Å²) in [6, 6.07) is 0. The van der Waals surface area contributed by atoms with E-state index in [2.05, 4.69) is 46.9 Å². The Balaban J connectivity index is 4.39. The van der Waals surface area contributed by atoms with Crippen LogP contribution < -0.4 is 0 Å². The van der Waals surface area contributed by atoms with Crippen LogP contribution in [0.15, 0.2) is 47.6 Å². The summed E-state index contributed by atoms with van der Waals surface area (Å²) in [5, 5.41) is 0.528. The van der Waals surface area contributed by atoms with Crippen molar-refractivity contribution >= 4 is 11.6 Å². The molecule has 0 aliphatic rings. The number of rotatable bonds is 4. The third kappa shape index (κ3) is 8.26. The highest BCUT2D eigenvalue weighted by molar-refractivity contribution is 6.30. The fourth-order valence-electron chi connectivity index (χ4n) is 0.913.